The molecular weight excluding hydrogens is 134 g/mol. The molecule has 68 valence electrons. The second-order valence-corrected chi connectivity index (χ2v) is 3.55. The lowest BCUT2D eigenvalue weighted by atomic mass is 9.91. The van der Waals surface area contributed by atoms with Crippen LogP contribution < -0.4 is 5.73 Å². The minimum atomic E-state index is 0.390. The zero-order chi connectivity index (χ0) is 8.69. The molecule has 0 amide bonds. The van der Waals surface area contributed by atoms with Gasteiger partial charge in [0.25, 0.3) is 0 Å². The Kier molecular flexibility index (Phi) is 6.63. The van der Waals surface area contributed by atoms with Crippen LogP contribution >= 0.6 is 0 Å². The number of hydrogen-bond donors (Lipinski definition) is 1. The number of hydrogen-bond acceptors (Lipinski definition) is 1. The molecule has 0 fully saturated rings. The summed E-state index contributed by atoms with van der Waals surface area (Å²) in [4.78, 5) is 0. The molecule has 2 unspecified atom stereocenters. The first-order valence-corrected chi connectivity index (χ1v) is 4.97. The normalized spacial score (nSPS) is 16.4. The van der Waals surface area contributed by atoms with Crippen molar-refractivity contribution in [3.8, 4) is 0 Å². The minimum Gasteiger partial charge on any atom is -0.328 e. The highest BCUT2D eigenvalue weighted by Gasteiger charge is 2.10. The van der Waals surface area contributed by atoms with E-state index in [9.17, 15) is 0 Å². The summed E-state index contributed by atoms with van der Waals surface area (Å²) < 4.78 is 0. The summed E-state index contributed by atoms with van der Waals surface area (Å²) in [7, 11) is 0. The maximum Gasteiger partial charge on any atom is 0.00387 e. The molecule has 0 aromatic heterocycles. The van der Waals surface area contributed by atoms with Gasteiger partial charge in [0.1, 0.15) is 0 Å². The van der Waals surface area contributed by atoms with Gasteiger partial charge in [-0.05, 0) is 25.7 Å². The summed E-state index contributed by atoms with van der Waals surface area (Å²) in [5.41, 5.74) is 5.86. The van der Waals surface area contributed by atoms with E-state index in [1.807, 2.05) is 0 Å². The highest BCUT2D eigenvalue weighted by atomic mass is 14.6. The molecule has 0 aliphatic heterocycles. The molecule has 11 heavy (non-hydrogen) atoms. The molecule has 0 aliphatic rings. The Labute approximate surface area is 71.4 Å². The van der Waals surface area contributed by atoms with Gasteiger partial charge in [-0.3, -0.25) is 0 Å². The monoisotopic (exact) mass is 157 g/mol. The van der Waals surface area contributed by atoms with Crippen LogP contribution in [0.2, 0.25) is 0 Å². The van der Waals surface area contributed by atoms with Gasteiger partial charge in [-0.1, -0.05) is 33.1 Å². The molecule has 0 heterocycles. The van der Waals surface area contributed by atoms with Crippen molar-refractivity contribution >= 4 is 0 Å². The van der Waals surface area contributed by atoms with E-state index in [1.54, 1.807) is 0 Å². The largest absolute Gasteiger partial charge is 0.328 e. The zero-order valence-corrected chi connectivity index (χ0v) is 8.27. The van der Waals surface area contributed by atoms with E-state index in [-0.39, 0.29) is 0 Å². The molecule has 2 N–H and O–H groups in total. The highest BCUT2D eigenvalue weighted by Crippen LogP contribution is 2.17. The fraction of sp³-hybridized carbons (Fsp3) is 1.00. The Morgan fingerprint density at radius 1 is 1.09 bits per heavy atom. The topological polar surface area (TPSA) is 26.0 Å². The van der Waals surface area contributed by atoms with Crippen LogP contribution in [0.1, 0.15) is 52.9 Å². The van der Waals surface area contributed by atoms with Gasteiger partial charge < -0.3 is 5.73 Å². The molecule has 0 rings (SSSR count). The van der Waals surface area contributed by atoms with Gasteiger partial charge in [0.15, 0.2) is 0 Å². The predicted molar refractivity (Wildman–Crippen MR) is 51.6 cm³/mol. The first-order valence-electron chi connectivity index (χ1n) is 4.97. The van der Waals surface area contributed by atoms with Gasteiger partial charge in [0, 0.05) is 6.04 Å². The average molecular weight is 157 g/mol. The van der Waals surface area contributed by atoms with E-state index in [1.165, 1.54) is 32.1 Å². The Hall–Kier alpha value is -0.0400. The molecule has 0 saturated carbocycles. The van der Waals surface area contributed by atoms with Gasteiger partial charge >= 0.3 is 0 Å². The van der Waals surface area contributed by atoms with Gasteiger partial charge in [-0.25, -0.2) is 0 Å². The third-order valence-electron chi connectivity index (χ3n) is 2.33. The third-order valence-corrected chi connectivity index (χ3v) is 2.33. The first-order chi connectivity index (χ1) is 5.22. The zero-order valence-electron chi connectivity index (χ0n) is 8.27. The molecule has 0 bridgehead atoms. The first kappa shape index (κ1) is 11.0. The van der Waals surface area contributed by atoms with E-state index < -0.39 is 0 Å². The van der Waals surface area contributed by atoms with Crippen LogP contribution in [0.4, 0.5) is 0 Å². The Morgan fingerprint density at radius 3 is 2.09 bits per heavy atom. The van der Waals surface area contributed by atoms with Crippen molar-refractivity contribution in [2.45, 2.75) is 58.9 Å². The number of nitrogens with two attached hydrogens (primary N) is 1. The van der Waals surface area contributed by atoms with E-state index in [4.69, 9.17) is 5.73 Å². The SMILES string of the molecule is CCCCC(CCC)C(C)N. The average Bonchev–Trinajstić information content (AvgIpc) is 1.97. The molecule has 0 saturated heterocycles. The van der Waals surface area contributed by atoms with Crippen molar-refractivity contribution in [2.24, 2.45) is 11.7 Å². The summed E-state index contributed by atoms with van der Waals surface area (Å²) in [5.74, 6) is 0.764. The molecule has 0 spiro atoms. The molecule has 0 aromatic rings. The fourth-order valence-electron chi connectivity index (χ4n) is 1.51. The molecule has 0 radical (unpaired) electrons. The number of rotatable bonds is 6. The van der Waals surface area contributed by atoms with Crippen LogP contribution in [-0.2, 0) is 0 Å². The highest BCUT2D eigenvalue weighted by molar-refractivity contribution is 4.67. The quantitative estimate of drug-likeness (QED) is 0.630. The summed E-state index contributed by atoms with van der Waals surface area (Å²) in [6.07, 6.45) is 6.54. The Bertz CT molecular complexity index is 78.9. The van der Waals surface area contributed by atoms with Crippen LogP contribution in [0.3, 0.4) is 0 Å². The maximum atomic E-state index is 5.86. The van der Waals surface area contributed by atoms with Crippen molar-refractivity contribution in [3.05, 3.63) is 0 Å². The Morgan fingerprint density at radius 2 is 1.73 bits per heavy atom. The van der Waals surface area contributed by atoms with Gasteiger partial charge in [0.2, 0.25) is 0 Å². The third kappa shape index (κ3) is 5.25. The minimum absolute atomic E-state index is 0.390. The van der Waals surface area contributed by atoms with Crippen molar-refractivity contribution in [1.82, 2.24) is 0 Å². The van der Waals surface area contributed by atoms with Crippen LogP contribution in [0.25, 0.3) is 0 Å². The second kappa shape index (κ2) is 6.66. The van der Waals surface area contributed by atoms with Crippen molar-refractivity contribution < 1.29 is 0 Å². The summed E-state index contributed by atoms with van der Waals surface area (Å²) in [6.45, 7) is 6.61. The molecule has 0 aromatic carbocycles. The lowest BCUT2D eigenvalue weighted by Gasteiger charge is -2.19. The fourth-order valence-corrected chi connectivity index (χ4v) is 1.51. The molecule has 1 nitrogen and oxygen atoms in total. The molecule has 2 atom stereocenters. The molecule has 0 aliphatic carbocycles. The summed E-state index contributed by atoms with van der Waals surface area (Å²) in [5, 5.41) is 0. The van der Waals surface area contributed by atoms with Crippen LogP contribution in [0, 0.1) is 5.92 Å². The standard InChI is InChI=1S/C10H23N/c1-4-6-8-10(7-5-2)9(3)11/h9-10H,4-8,11H2,1-3H3. The van der Waals surface area contributed by atoms with E-state index in [0.29, 0.717) is 6.04 Å². The summed E-state index contributed by atoms with van der Waals surface area (Å²) >= 11 is 0. The van der Waals surface area contributed by atoms with Crippen LogP contribution in [-0.4, -0.2) is 6.04 Å². The Balaban J connectivity index is 3.51. The van der Waals surface area contributed by atoms with E-state index in [0.717, 1.165) is 5.92 Å². The molecular formula is C10H23N. The predicted octanol–water partition coefficient (Wildman–Crippen LogP) is 2.94. The maximum absolute atomic E-state index is 5.86. The molecule has 1 heteroatoms. The van der Waals surface area contributed by atoms with Gasteiger partial charge in [0.05, 0.1) is 0 Å². The lowest BCUT2D eigenvalue weighted by molar-refractivity contribution is 0.372. The van der Waals surface area contributed by atoms with Crippen molar-refractivity contribution in [1.29, 1.82) is 0 Å². The van der Waals surface area contributed by atoms with Crippen molar-refractivity contribution in [2.75, 3.05) is 0 Å². The number of unbranched alkanes of at least 4 members (excludes halogenated alkanes) is 1. The van der Waals surface area contributed by atoms with Gasteiger partial charge in [-0.15, -0.1) is 0 Å². The van der Waals surface area contributed by atoms with Crippen LogP contribution in [0.15, 0.2) is 0 Å². The van der Waals surface area contributed by atoms with Gasteiger partial charge in [-0.2, -0.15) is 0 Å². The van der Waals surface area contributed by atoms with E-state index in [2.05, 4.69) is 20.8 Å². The summed E-state index contributed by atoms with van der Waals surface area (Å²) in [6, 6.07) is 0.390. The smallest absolute Gasteiger partial charge is 0.00387 e. The van der Waals surface area contributed by atoms with E-state index >= 15 is 0 Å². The lowest BCUT2D eigenvalue weighted by Crippen LogP contribution is -2.26. The van der Waals surface area contributed by atoms with Crippen molar-refractivity contribution in [3.63, 3.8) is 0 Å². The van der Waals surface area contributed by atoms with Crippen LogP contribution in [0.5, 0.6) is 0 Å². The second-order valence-electron chi connectivity index (χ2n) is 3.55.